The van der Waals surface area contributed by atoms with Gasteiger partial charge < -0.3 is 5.32 Å². The molecule has 0 atom stereocenters. The molecule has 0 aliphatic rings. The van der Waals surface area contributed by atoms with Crippen molar-refractivity contribution >= 4 is 37.3 Å². The smallest absolute Gasteiger partial charge is 0.243 e. The van der Waals surface area contributed by atoms with Gasteiger partial charge in [0.05, 0.1) is 8.68 Å². The first kappa shape index (κ1) is 16.6. The highest BCUT2D eigenvalue weighted by Gasteiger charge is 2.23. The van der Waals surface area contributed by atoms with Gasteiger partial charge in [-0.05, 0) is 51.6 Å². The molecule has 0 bridgehead atoms. The zero-order valence-corrected chi connectivity index (χ0v) is 15.1. The fraction of sp³-hybridized carbons (Fsp3) is 0.286. The van der Waals surface area contributed by atoms with Crippen LogP contribution in [0.4, 0.5) is 0 Å². The number of thiophene rings is 1. The molecule has 0 saturated heterocycles. The predicted molar refractivity (Wildman–Crippen MR) is 89.9 cm³/mol. The second kappa shape index (κ2) is 7.02. The fourth-order valence-corrected chi connectivity index (χ4v) is 4.61. The van der Waals surface area contributed by atoms with E-state index in [4.69, 9.17) is 0 Å². The minimum atomic E-state index is -3.50. The maximum absolute atomic E-state index is 12.7. The van der Waals surface area contributed by atoms with Crippen molar-refractivity contribution in [1.29, 1.82) is 0 Å². The van der Waals surface area contributed by atoms with Gasteiger partial charge in [-0.3, -0.25) is 0 Å². The first-order valence-corrected chi connectivity index (χ1v) is 9.48. The molecule has 0 unspecified atom stereocenters. The standard InChI is InChI=1S/C14H17BrN2O2S2/c1-16-8-12-5-3-4-6-13(12)21(18,19)17(2)9-11-7-14(15)20-10-11/h3-7,10,16H,8-9H2,1-2H3. The molecular formula is C14H17BrN2O2S2. The summed E-state index contributed by atoms with van der Waals surface area (Å²) < 4.78 is 27.8. The maximum atomic E-state index is 12.7. The van der Waals surface area contributed by atoms with Gasteiger partial charge in [0, 0.05) is 20.1 Å². The van der Waals surface area contributed by atoms with Gasteiger partial charge in [0.2, 0.25) is 10.0 Å². The first-order chi connectivity index (χ1) is 9.95. The van der Waals surface area contributed by atoms with Crippen molar-refractivity contribution in [2.45, 2.75) is 18.0 Å². The number of sulfonamides is 1. The molecule has 1 aromatic heterocycles. The van der Waals surface area contributed by atoms with Crippen LogP contribution in [0.5, 0.6) is 0 Å². The van der Waals surface area contributed by atoms with E-state index in [2.05, 4.69) is 21.2 Å². The number of halogens is 1. The molecule has 0 fully saturated rings. The van der Waals surface area contributed by atoms with Crippen molar-refractivity contribution in [3.63, 3.8) is 0 Å². The second-order valence-electron chi connectivity index (χ2n) is 4.66. The van der Waals surface area contributed by atoms with Crippen LogP contribution in [0.15, 0.2) is 44.4 Å². The average Bonchev–Trinajstić information content (AvgIpc) is 2.85. The lowest BCUT2D eigenvalue weighted by Crippen LogP contribution is -2.27. The number of rotatable bonds is 6. The number of hydrogen-bond donors (Lipinski definition) is 1. The van der Waals surface area contributed by atoms with E-state index in [0.29, 0.717) is 18.0 Å². The number of benzene rings is 1. The SMILES string of the molecule is CNCc1ccccc1S(=O)(=O)N(C)Cc1csc(Br)c1. The first-order valence-electron chi connectivity index (χ1n) is 6.37. The second-order valence-corrected chi connectivity index (χ2v) is 8.96. The Hall–Kier alpha value is -0.730. The predicted octanol–water partition coefficient (Wildman–Crippen LogP) is 3.05. The van der Waals surface area contributed by atoms with E-state index >= 15 is 0 Å². The van der Waals surface area contributed by atoms with Crippen molar-refractivity contribution in [3.05, 3.63) is 50.6 Å². The van der Waals surface area contributed by atoms with Crippen LogP contribution >= 0.6 is 27.3 Å². The third-order valence-corrected chi connectivity index (χ3v) is 6.51. The highest BCUT2D eigenvalue weighted by atomic mass is 79.9. The van der Waals surface area contributed by atoms with Crippen LogP contribution in [0, 0.1) is 0 Å². The number of hydrogen-bond acceptors (Lipinski definition) is 4. The van der Waals surface area contributed by atoms with E-state index in [0.717, 1.165) is 14.9 Å². The molecule has 4 nitrogen and oxygen atoms in total. The van der Waals surface area contributed by atoms with Gasteiger partial charge in [-0.2, -0.15) is 4.31 Å². The summed E-state index contributed by atoms with van der Waals surface area (Å²) in [5, 5.41) is 4.95. The van der Waals surface area contributed by atoms with Gasteiger partial charge in [0.15, 0.2) is 0 Å². The molecule has 0 aliphatic carbocycles. The van der Waals surface area contributed by atoms with Gasteiger partial charge in [0.25, 0.3) is 0 Å². The molecule has 0 radical (unpaired) electrons. The average molecular weight is 389 g/mol. The van der Waals surface area contributed by atoms with E-state index < -0.39 is 10.0 Å². The van der Waals surface area contributed by atoms with Gasteiger partial charge >= 0.3 is 0 Å². The van der Waals surface area contributed by atoms with Crippen LogP contribution in [0.2, 0.25) is 0 Å². The van der Waals surface area contributed by atoms with Crippen LogP contribution in [0.3, 0.4) is 0 Å². The molecule has 1 heterocycles. The monoisotopic (exact) mass is 388 g/mol. The Morgan fingerprint density at radius 1 is 1.33 bits per heavy atom. The van der Waals surface area contributed by atoms with Crippen LogP contribution in [0.1, 0.15) is 11.1 Å². The molecule has 2 rings (SSSR count). The quantitative estimate of drug-likeness (QED) is 0.826. The molecule has 0 amide bonds. The highest BCUT2D eigenvalue weighted by Crippen LogP contribution is 2.24. The zero-order valence-electron chi connectivity index (χ0n) is 11.8. The molecule has 7 heteroatoms. The summed E-state index contributed by atoms with van der Waals surface area (Å²) in [5.74, 6) is 0. The fourth-order valence-electron chi connectivity index (χ4n) is 2.03. The van der Waals surface area contributed by atoms with Crippen molar-refractivity contribution in [1.82, 2.24) is 9.62 Å². The Kier molecular flexibility index (Phi) is 5.56. The molecule has 114 valence electrons. The van der Waals surface area contributed by atoms with Crippen LogP contribution in [-0.4, -0.2) is 26.8 Å². The molecule has 1 aromatic carbocycles. The van der Waals surface area contributed by atoms with Gasteiger partial charge in [-0.25, -0.2) is 8.42 Å². The molecule has 1 N–H and O–H groups in total. The van der Waals surface area contributed by atoms with Crippen LogP contribution < -0.4 is 5.32 Å². The number of nitrogens with one attached hydrogen (secondary N) is 1. The van der Waals surface area contributed by atoms with Crippen LogP contribution in [0.25, 0.3) is 0 Å². The Morgan fingerprint density at radius 3 is 2.67 bits per heavy atom. The van der Waals surface area contributed by atoms with Gasteiger partial charge in [-0.1, -0.05) is 18.2 Å². The summed E-state index contributed by atoms with van der Waals surface area (Å²) in [4.78, 5) is 0.358. The summed E-state index contributed by atoms with van der Waals surface area (Å²) in [6.07, 6.45) is 0. The Morgan fingerprint density at radius 2 is 2.05 bits per heavy atom. The molecule has 21 heavy (non-hydrogen) atoms. The van der Waals surface area contributed by atoms with Gasteiger partial charge in [-0.15, -0.1) is 11.3 Å². The third-order valence-electron chi connectivity index (χ3n) is 3.06. The summed E-state index contributed by atoms with van der Waals surface area (Å²) in [6.45, 7) is 0.881. The lowest BCUT2D eigenvalue weighted by atomic mass is 10.2. The summed E-state index contributed by atoms with van der Waals surface area (Å²) in [5.41, 5.74) is 1.75. The Balaban J connectivity index is 2.28. The molecular weight excluding hydrogens is 372 g/mol. The van der Waals surface area contributed by atoms with Crippen molar-refractivity contribution in [2.75, 3.05) is 14.1 Å². The third kappa shape index (κ3) is 3.92. The van der Waals surface area contributed by atoms with E-state index in [1.165, 1.54) is 4.31 Å². The van der Waals surface area contributed by atoms with E-state index in [1.807, 2.05) is 23.6 Å². The Labute approximate surface area is 138 Å². The van der Waals surface area contributed by atoms with E-state index in [-0.39, 0.29) is 0 Å². The minimum absolute atomic E-state index is 0.358. The van der Waals surface area contributed by atoms with Crippen molar-refractivity contribution in [2.24, 2.45) is 0 Å². The highest BCUT2D eigenvalue weighted by molar-refractivity contribution is 9.11. The summed E-state index contributed by atoms with van der Waals surface area (Å²) in [6, 6.07) is 9.03. The summed E-state index contributed by atoms with van der Waals surface area (Å²) >= 11 is 4.94. The molecule has 0 saturated carbocycles. The molecule has 2 aromatic rings. The number of nitrogens with zero attached hydrogens (tertiary/aromatic N) is 1. The van der Waals surface area contributed by atoms with E-state index in [1.54, 1.807) is 37.6 Å². The van der Waals surface area contributed by atoms with Crippen LogP contribution in [-0.2, 0) is 23.1 Å². The lowest BCUT2D eigenvalue weighted by Gasteiger charge is -2.18. The molecule has 0 spiro atoms. The van der Waals surface area contributed by atoms with E-state index in [9.17, 15) is 8.42 Å². The topological polar surface area (TPSA) is 49.4 Å². The zero-order chi connectivity index (χ0) is 15.5. The molecule has 0 aliphatic heterocycles. The van der Waals surface area contributed by atoms with Crippen molar-refractivity contribution in [3.8, 4) is 0 Å². The van der Waals surface area contributed by atoms with Gasteiger partial charge in [0.1, 0.15) is 0 Å². The lowest BCUT2D eigenvalue weighted by molar-refractivity contribution is 0.466. The normalized spacial score (nSPS) is 12.0. The minimum Gasteiger partial charge on any atom is -0.316 e. The van der Waals surface area contributed by atoms with Crippen molar-refractivity contribution < 1.29 is 8.42 Å². The maximum Gasteiger partial charge on any atom is 0.243 e. The largest absolute Gasteiger partial charge is 0.316 e. The summed E-state index contributed by atoms with van der Waals surface area (Å²) in [7, 11) is -0.0883. The Bertz CT molecular complexity index is 713.